The van der Waals surface area contributed by atoms with Gasteiger partial charge in [0.1, 0.15) is 0 Å². The minimum Gasteiger partial charge on any atom is -0.321 e. The molecule has 0 aliphatic carbocycles. The van der Waals surface area contributed by atoms with Crippen molar-refractivity contribution in [2.75, 3.05) is 9.80 Å². The Morgan fingerprint density at radius 1 is 0.630 bits per heavy atom. The molecule has 2 aromatic rings. The van der Waals surface area contributed by atoms with Crippen molar-refractivity contribution in [1.29, 1.82) is 0 Å². The van der Waals surface area contributed by atoms with E-state index in [9.17, 15) is 0 Å². The van der Waals surface area contributed by atoms with E-state index in [1.807, 2.05) is 12.4 Å². The first-order chi connectivity index (χ1) is 12.5. The molecule has 1 aliphatic rings. The highest BCUT2D eigenvalue weighted by Crippen LogP contribution is 2.45. The van der Waals surface area contributed by atoms with Crippen LogP contribution in [0.1, 0.15) is 33.4 Å². The smallest absolute Gasteiger partial charge is 0.229 e. The number of halogens is 3. The molecule has 1 heterocycles. The van der Waals surface area contributed by atoms with Crippen molar-refractivity contribution in [2.24, 2.45) is 0 Å². The van der Waals surface area contributed by atoms with Gasteiger partial charge >= 0.3 is 0 Å². The highest BCUT2D eigenvalue weighted by Gasteiger charge is 2.45. The fraction of sp³-hybridized carbons (Fsp3) is 0.364. The Morgan fingerprint density at radius 2 is 0.926 bits per heavy atom. The Morgan fingerprint density at radius 3 is 1.19 bits per heavy atom. The molecule has 0 N–H and O–H groups in total. The Balaban J connectivity index is 2.15. The van der Waals surface area contributed by atoms with Crippen molar-refractivity contribution in [3.63, 3.8) is 0 Å². The van der Waals surface area contributed by atoms with E-state index >= 15 is 0 Å². The third-order valence-corrected chi connectivity index (χ3v) is 5.58. The third kappa shape index (κ3) is 3.81. The lowest BCUT2D eigenvalue weighted by molar-refractivity contribution is 0.691. The average Bonchev–Trinajstić information content (AvgIpc) is 2.89. The van der Waals surface area contributed by atoms with Crippen molar-refractivity contribution in [2.45, 2.75) is 51.5 Å². The van der Waals surface area contributed by atoms with E-state index < -0.39 is 9.96 Å². The third-order valence-electron chi connectivity index (χ3n) is 4.99. The molecule has 0 atom stereocenters. The summed E-state index contributed by atoms with van der Waals surface area (Å²) in [5.74, 6) is 0. The molecule has 0 bridgehead atoms. The quantitative estimate of drug-likeness (QED) is 0.478. The van der Waals surface area contributed by atoms with Gasteiger partial charge in [0.05, 0.1) is 0 Å². The normalized spacial score (nSPS) is 15.1. The second-order valence-corrected chi connectivity index (χ2v) is 9.89. The molecule has 0 aromatic heterocycles. The summed E-state index contributed by atoms with van der Waals surface area (Å²) >= 11 is 19.5. The van der Waals surface area contributed by atoms with Gasteiger partial charge in [-0.3, -0.25) is 0 Å². The molecule has 3 rings (SSSR count). The van der Waals surface area contributed by atoms with Gasteiger partial charge in [0.25, 0.3) is 0 Å². The summed E-state index contributed by atoms with van der Waals surface area (Å²) in [6, 6.07) is 8.65. The average molecular weight is 424 g/mol. The second-order valence-electron chi connectivity index (χ2n) is 7.52. The topological polar surface area (TPSA) is 6.48 Å². The first-order valence-corrected chi connectivity index (χ1v) is 10.1. The second kappa shape index (κ2) is 7.24. The summed E-state index contributed by atoms with van der Waals surface area (Å²) in [4.78, 5) is 4.16. The SMILES string of the molecule is Cc1cc(C)c(N2C=CN(c3c(C)cc(C)cc3C)C2C(Cl)(Cl)Cl)c(C)c1. The van der Waals surface area contributed by atoms with Crippen molar-refractivity contribution >= 4 is 46.2 Å². The minimum atomic E-state index is -1.50. The van der Waals surface area contributed by atoms with E-state index in [1.165, 1.54) is 11.1 Å². The maximum Gasteiger partial charge on any atom is 0.229 e. The van der Waals surface area contributed by atoms with Crippen LogP contribution in [0.15, 0.2) is 36.7 Å². The maximum absolute atomic E-state index is 6.51. The number of hydrogen-bond acceptors (Lipinski definition) is 2. The lowest BCUT2D eigenvalue weighted by Crippen LogP contribution is -2.49. The molecule has 0 saturated heterocycles. The Hall–Kier alpha value is -1.35. The van der Waals surface area contributed by atoms with Crippen molar-refractivity contribution < 1.29 is 0 Å². The van der Waals surface area contributed by atoms with Crippen LogP contribution in [0.5, 0.6) is 0 Å². The number of aryl methyl sites for hydroxylation is 6. The number of anilines is 2. The Bertz CT molecular complexity index is 799. The first-order valence-electron chi connectivity index (χ1n) is 8.98. The van der Waals surface area contributed by atoms with E-state index in [4.69, 9.17) is 34.8 Å². The van der Waals surface area contributed by atoms with Crippen LogP contribution in [-0.2, 0) is 0 Å². The largest absolute Gasteiger partial charge is 0.321 e. The monoisotopic (exact) mass is 422 g/mol. The molecular formula is C22H25Cl3N2. The zero-order valence-corrected chi connectivity index (χ0v) is 18.8. The zero-order chi connectivity index (χ0) is 20.1. The van der Waals surface area contributed by atoms with Gasteiger partial charge < -0.3 is 9.80 Å². The predicted octanol–water partition coefficient (Wildman–Crippen LogP) is 7.03. The van der Waals surface area contributed by atoms with E-state index in [1.54, 1.807) is 0 Å². The summed E-state index contributed by atoms with van der Waals surface area (Å²) in [6.45, 7) is 12.6. The van der Waals surface area contributed by atoms with Crippen LogP contribution in [0.25, 0.3) is 0 Å². The van der Waals surface area contributed by atoms with Crippen LogP contribution in [-0.4, -0.2) is 9.96 Å². The van der Waals surface area contributed by atoms with Crippen LogP contribution in [0.2, 0.25) is 0 Å². The van der Waals surface area contributed by atoms with E-state index in [0.717, 1.165) is 33.6 Å². The van der Waals surface area contributed by atoms with E-state index in [-0.39, 0.29) is 0 Å². The summed E-state index contributed by atoms with van der Waals surface area (Å²) in [5, 5.41) is 0. The van der Waals surface area contributed by atoms with Crippen LogP contribution < -0.4 is 9.80 Å². The van der Waals surface area contributed by atoms with Gasteiger partial charge in [0.15, 0.2) is 6.17 Å². The van der Waals surface area contributed by atoms with Crippen molar-refractivity contribution in [3.8, 4) is 0 Å². The molecule has 0 fully saturated rings. The van der Waals surface area contributed by atoms with Crippen molar-refractivity contribution in [3.05, 3.63) is 70.0 Å². The van der Waals surface area contributed by atoms with Crippen LogP contribution in [0.3, 0.4) is 0 Å². The Labute approximate surface area is 177 Å². The van der Waals surface area contributed by atoms with Crippen LogP contribution in [0.4, 0.5) is 11.4 Å². The molecule has 2 nitrogen and oxygen atoms in total. The minimum absolute atomic E-state index is 0.470. The van der Waals surface area contributed by atoms with Gasteiger partial charge in [-0.1, -0.05) is 70.2 Å². The molecule has 27 heavy (non-hydrogen) atoms. The van der Waals surface area contributed by atoms with Gasteiger partial charge in [0.2, 0.25) is 3.79 Å². The molecule has 1 aliphatic heterocycles. The standard InChI is InChI=1S/C22H25Cl3N2/c1-13-9-15(3)19(16(4)10-13)26-7-8-27(21(26)22(23,24)25)20-17(5)11-14(2)12-18(20)6/h7-12,21H,1-6H3. The van der Waals surface area contributed by atoms with Gasteiger partial charge in [-0.05, 0) is 63.8 Å². The summed E-state index contributed by atoms with van der Waals surface area (Å²) < 4.78 is -1.50. The predicted molar refractivity (Wildman–Crippen MR) is 119 cm³/mol. The molecule has 0 radical (unpaired) electrons. The van der Waals surface area contributed by atoms with Crippen molar-refractivity contribution in [1.82, 2.24) is 0 Å². The van der Waals surface area contributed by atoms with Gasteiger partial charge in [-0.15, -0.1) is 0 Å². The van der Waals surface area contributed by atoms with Gasteiger partial charge in [0, 0.05) is 23.8 Å². The number of rotatable bonds is 2. The molecule has 2 aromatic carbocycles. The number of alkyl halides is 3. The molecule has 144 valence electrons. The first kappa shape index (κ1) is 20.4. The van der Waals surface area contributed by atoms with Crippen LogP contribution in [0, 0.1) is 41.5 Å². The van der Waals surface area contributed by atoms with E-state index in [2.05, 4.69) is 75.6 Å². The number of benzene rings is 2. The molecule has 0 unspecified atom stereocenters. The fourth-order valence-electron chi connectivity index (χ4n) is 4.31. The molecular weight excluding hydrogens is 399 g/mol. The lowest BCUT2D eigenvalue weighted by Gasteiger charge is -2.39. The molecule has 0 amide bonds. The lowest BCUT2D eigenvalue weighted by atomic mass is 10.0. The molecule has 5 heteroatoms. The molecule has 0 saturated carbocycles. The zero-order valence-electron chi connectivity index (χ0n) is 16.6. The van der Waals surface area contributed by atoms with E-state index in [0.29, 0.717) is 0 Å². The van der Waals surface area contributed by atoms with Crippen LogP contribution >= 0.6 is 34.8 Å². The summed E-state index contributed by atoms with van der Waals surface area (Å²) in [6.07, 6.45) is 3.55. The summed E-state index contributed by atoms with van der Waals surface area (Å²) in [5.41, 5.74) is 9.27. The summed E-state index contributed by atoms with van der Waals surface area (Å²) in [7, 11) is 0. The number of hydrogen-bond donors (Lipinski definition) is 0. The van der Waals surface area contributed by atoms with Gasteiger partial charge in [-0.25, -0.2) is 0 Å². The highest BCUT2D eigenvalue weighted by atomic mass is 35.6. The Kier molecular flexibility index (Phi) is 5.46. The molecule has 0 spiro atoms. The highest BCUT2D eigenvalue weighted by molar-refractivity contribution is 6.68. The maximum atomic E-state index is 6.51. The van der Waals surface area contributed by atoms with Gasteiger partial charge in [-0.2, -0.15) is 0 Å². The fourth-order valence-corrected chi connectivity index (χ4v) is 4.94. The number of nitrogens with zero attached hydrogens (tertiary/aromatic N) is 2.